The van der Waals surface area contributed by atoms with Crippen molar-refractivity contribution in [3.8, 4) is 0 Å². The van der Waals surface area contributed by atoms with E-state index in [-0.39, 0.29) is 41.4 Å². The Morgan fingerprint density at radius 2 is 2.00 bits per heavy atom. The third kappa shape index (κ3) is 4.80. The van der Waals surface area contributed by atoms with Crippen molar-refractivity contribution in [1.29, 1.82) is 0 Å². The molecule has 3 N–H and O–H groups in total. The predicted molar refractivity (Wildman–Crippen MR) is 123 cm³/mol. The Hall–Kier alpha value is -3.31. The first-order valence-electron chi connectivity index (χ1n) is 10.5. The monoisotopic (exact) mass is 488 g/mol. The van der Waals surface area contributed by atoms with Gasteiger partial charge in [0.15, 0.2) is 5.17 Å². The molecule has 2 aliphatic rings. The third-order valence-corrected chi connectivity index (χ3v) is 6.84. The molecule has 0 radical (unpaired) electrons. The lowest BCUT2D eigenvalue weighted by molar-refractivity contribution is -0.140. The van der Waals surface area contributed by atoms with Crippen LogP contribution in [-0.4, -0.2) is 46.5 Å². The van der Waals surface area contributed by atoms with Crippen LogP contribution in [-0.2, 0) is 15.1 Å². The van der Waals surface area contributed by atoms with Gasteiger partial charge in [0.25, 0.3) is 11.8 Å². The van der Waals surface area contributed by atoms with Gasteiger partial charge in [-0.3, -0.25) is 9.59 Å². The summed E-state index contributed by atoms with van der Waals surface area (Å²) in [6.45, 7) is 1.25. The highest BCUT2D eigenvalue weighted by Gasteiger charge is 2.51. The molecule has 178 valence electrons. The largest absolute Gasteiger partial charge is 0.409 e. The van der Waals surface area contributed by atoms with Crippen LogP contribution in [0.15, 0.2) is 58.7 Å². The molecular formula is C23H22F2N4O4S. The van der Waals surface area contributed by atoms with Gasteiger partial charge in [-0.05, 0) is 31.5 Å². The number of amidine groups is 2. The summed E-state index contributed by atoms with van der Waals surface area (Å²) in [5, 5.41) is 17.2. The fourth-order valence-corrected chi connectivity index (χ4v) is 5.24. The fourth-order valence-electron chi connectivity index (χ4n) is 4.08. The number of ether oxygens (including phenoxy) is 1. The van der Waals surface area contributed by atoms with Crippen LogP contribution in [0, 0.1) is 17.6 Å². The molecule has 2 aromatic carbocycles. The van der Waals surface area contributed by atoms with E-state index >= 15 is 0 Å². The van der Waals surface area contributed by atoms with Gasteiger partial charge in [0.1, 0.15) is 29.1 Å². The quantitative estimate of drug-likeness (QED) is 0.266. The molecule has 0 aromatic heterocycles. The van der Waals surface area contributed by atoms with Crippen LogP contribution in [0.25, 0.3) is 0 Å². The molecule has 0 aliphatic carbocycles. The van der Waals surface area contributed by atoms with Gasteiger partial charge in [-0.1, -0.05) is 41.2 Å². The van der Waals surface area contributed by atoms with E-state index in [1.165, 1.54) is 24.8 Å². The molecule has 2 heterocycles. The summed E-state index contributed by atoms with van der Waals surface area (Å²) in [5.41, 5.74) is -0.704. The van der Waals surface area contributed by atoms with Crippen LogP contribution in [0.1, 0.15) is 29.3 Å². The van der Waals surface area contributed by atoms with Gasteiger partial charge in [-0.25, -0.2) is 13.8 Å². The average Bonchev–Trinajstić information content (AvgIpc) is 2.83. The third-order valence-electron chi connectivity index (χ3n) is 5.80. The number of hydrogen-bond acceptors (Lipinski definition) is 7. The lowest BCUT2D eigenvalue weighted by Gasteiger charge is -2.46. The normalized spacial score (nSPS) is 24.6. The van der Waals surface area contributed by atoms with E-state index in [1.807, 2.05) is 0 Å². The molecule has 0 saturated carbocycles. The van der Waals surface area contributed by atoms with E-state index in [0.717, 1.165) is 12.1 Å². The molecule has 8 nitrogen and oxygen atoms in total. The molecule has 1 saturated heterocycles. The predicted octanol–water partition coefficient (Wildman–Crippen LogP) is 3.02. The Bertz CT molecular complexity index is 1160. The number of nitrogens with zero attached hydrogens (tertiary/aromatic N) is 2. The molecule has 34 heavy (non-hydrogen) atoms. The standard InChI is InChI=1S/C23H22F2N4O4S/c1-13(29-32)26-21(31)19-9-15-11-34-22(27-20(30)14-5-3-2-4-6-14)28-23(15,12-33-19)17-8-7-16(24)10-18(17)25/h2-8,10,15,19,32H,9,11-12H2,1H3,(H,26,29,31)(H,27,28,30)/t15-,19+,23-/m0/s1. The SMILES string of the molecule is CC(=NO)NC(=O)[C@H]1C[C@H]2CSC(NC(=O)c3ccccc3)=N[C@@]2(c2ccc(F)cc2F)CO1. The van der Waals surface area contributed by atoms with E-state index < -0.39 is 29.2 Å². The van der Waals surface area contributed by atoms with Crippen LogP contribution in [0.5, 0.6) is 0 Å². The molecule has 3 atom stereocenters. The molecule has 2 amide bonds. The summed E-state index contributed by atoms with van der Waals surface area (Å²) in [6, 6.07) is 11.8. The molecule has 1 fully saturated rings. The molecular weight excluding hydrogens is 466 g/mol. The van der Waals surface area contributed by atoms with Crippen molar-refractivity contribution in [3.05, 3.63) is 71.3 Å². The minimum atomic E-state index is -1.26. The summed E-state index contributed by atoms with van der Waals surface area (Å²) in [5.74, 6) is -2.32. The highest BCUT2D eigenvalue weighted by atomic mass is 32.2. The number of rotatable bonds is 3. The maximum absolute atomic E-state index is 14.9. The van der Waals surface area contributed by atoms with E-state index in [1.54, 1.807) is 30.3 Å². The zero-order chi connectivity index (χ0) is 24.3. The van der Waals surface area contributed by atoms with Gasteiger partial charge >= 0.3 is 0 Å². The van der Waals surface area contributed by atoms with Crippen LogP contribution in [0.4, 0.5) is 8.78 Å². The van der Waals surface area contributed by atoms with E-state index in [0.29, 0.717) is 11.3 Å². The zero-order valence-electron chi connectivity index (χ0n) is 18.1. The minimum absolute atomic E-state index is 0.0111. The zero-order valence-corrected chi connectivity index (χ0v) is 18.9. The van der Waals surface area contributed by atoms with E-state index in [4.69, 9.17) is 14.9 Å². The first-order chi connectivity index (χ1) is 16.3. The summed E-state index contributed by atoms with van der Waals surface area (Å²) >= 11 is 1.28. The second-order valence-electron chi connectivity index (χ2n) is 8.00. The topological polar surface area (TPSA) is 112 Å². The number of amides is 2. The second kappa shape index (κ2) is 9.90. The molecule has 0 spiro atoms. The lowest BCUT2D eigenvalue weighted by Crippen LogP contribution is -2.54. The first-order valence-corrected chi connectivity index (χ1v) is 11.5. The van der Waals surface area contributed by atoms with Gasteiger partial charge in [0.2, 0.25) is 0 Å². The molecule has 11 heteroatoms. The van der Waals surface area contributed by atoms with E-state index in [9.17, 15) is 18.4 Å². The number of thioether (sulfide) groups is 1. The van der Waals surface area contributed by atoms with Crippen LogP contribution < -0.4 is 10.6 Å². The number of nitrogens with one attached hydrogen (secondary N) is 2. The summed E-state index contributed by atoms with van der Waals surface area (Å²) < 4.78 is 34.4. The number of benzene rings is 2. The molecule has 0 bridgehead atoms. The molecule has 0 unspecified atom stereocenters. The van der Waals surface area contributed by atoms with Gasteiger partial charge in [-0.15, -0.1) is 0 Å². The Balaban J connectivity index is 1.66. The smallest absolute Gasteiger partial charge is 0.257 e. The molecule has 4 rings (SSSR count). The highest BCUT2D eigenvalue weighted by molar-refractivity contribution is 8.13. The number of halogens is 2. The summed E-state index contributed by atoms with van der Waals surface area (Å²) in [7, 11) is 0. The summed E-state index contributed by atoms with van der Waals surface area (Å²) in [4.78, 5) is 29.9. The van der Waals surface area contributed by atoms with Crippen molar-refractivity contribution >= 4 is 34.6 Å². The van der Waals surface area contributed by atoms with Crippen molar-refractivity contribution in [2.45, 2.75) is 25.0 Å². The maximum atomic E-state index is 14.9. The number of hydrogen-bond donors (Lipinski definition) is 3. The average molecular weight is 489 g/mol. The van der Waals surface area contributed by atoms with E-state index in [2.05, 4.69) is 15.8 Å². The van der Waals surface area contributed by atoms with Crippen molar-refractivity contribution in [2.24, 2.45) is 16.1 Å². The number of aliphatic imine (C=N–C) groups is 1. The van der Waals surface area contributed by atoms with Crippen molar-refractivity contribution in [3.63, 3.8) is 0 Å². The Morgan fingerprint density at radius 1 is 1.24 bits per heavy atom. The van der Waals surface area contributed by atoms with Crippen LogP contribution >= 0.6 is 11.8 Å². The number of carbonyl (C=O) groups excluding carboxylic acids is 2. The fraction of sp³-hybridized carbons (Fsp3) is 0.304. The number of carbonyl (C=O) groups is 2. The van der Waals surface area contributed by atoms with Crippen molar-refractivity contribution < 1.29 is 28.3 Å². The minimum Gasteiger partial charge on any atom is -0.409 e. The molecule has 2 aromatic rings. The Kier molecular flexibility index (Phi) is 6.94. The first kappa shape index (κ1) is 23.8. The maximum Gasteiger partial charge on any atom is 0.257 e. The Labute approximate surface area is 198 Å². The second-order valence-corrected chi connectivity index (χ2v) is 9.01. The van der Waals surface area contributed by atoms with Gasteiger partial charge in [-0.2, -0.15) is 0 Å². The molecule has 2 aliphatic heterocycles. The van der Waals surface area contributed by atoms with Gasteiger partial charge in [0, 0.05) is 28.9 Å². The lowest BCUT2D eigenvalue weighted by atomic mass is 9.75. The number of fused-ring (bicyclic) bond motifs is 1. The summed E-state index contributed by atoms with van der Waals surface area (Å²) in [6.07, 6.45) is -0.688. The van der Waals surface area contributed by atoms with Crippen molar-refractivity contribution in [1.82, 2.24) is 10.6 Å². The highest BCUT2D eigenvalue weighted by Crippen LogP contribution is 2.47. The van der Waals surface area contributed by atoms with Crippen LogP contribution in [0.3, 0.4) is 0 Å². The van der Waals surface area contributed by atoms with Gasteiger partial charge in [0.05, 0.1) is 6.61 Å². The number of oxime groups is 1. The van der Waals surface area contributed by atoms with Gasteiger partial charge < -0.3 is 20.6 Å². The van der Waals surface area contributed by atoms with Crippen molar-refractivity contribution in [2.75, 3.05) is 12.4 Å². The Morgan fingerprint density at radius 3 is 2.71 bits per heavy atom. The van der Waals surface area contributed by atoms with Crippen LogP contribution in [0.2, 0.25) is 0 Å².